The molecule has 0 aliphatic rings. The number of non-ortho nitro benzene ring substituents is 1. The van der Waals surface area contributed by atoms with E-state index in [0.29, 0.717) is 12.8 Å². The van der Waals surface area contributed by atoms with E-state index in [2.05, 4.69) is 10.1 Å². The van der Waals surface area contributed by atoms with E-state index in [1.54, 1.807) is 0 Å². The van der Waals surface area contributed by atoms with Crippen molar-refractivity contribution >= 4 is 28.5 Å². The summed E-state index contributed by atoms with van der Waals surface area (Å²) in [6.07, 6.45) is 1.85. The van der Waals surface area contributed by atoms with E-state index in [0.717, 1.165) is 6.42 Å². The third-order valence-corrected chi connectivity index (χ3v) is 3.81. The van der Waals surface area contributed by atoms with Gasteiger partial charge in [0.15, 0.2) is 0 Å². The van der Waals surface area contributed by atoms with E-state index in [-0.39, 0.29) is 22.2 Å². The molecule has 0 fully saturated rings. The molecular weight excluding hydrogens is 344 g/mol. The molecule has 9 heteroatoms. The number of carbonyl (C=O) groups excluding carboxylic acids is 2. The van der Waals surface area contributed by atoms with Crippen LogP contribution in [0.15, 0.2) is 33.5 Å². The van der Waals surface area contributed by atoms with Gasteiger partial charge in [0.1, 0.15) is 17.2 Å². The summed E-state index contributed by atoms with van der Waals surface area (Å²) in [6, 6.07) is 3.99. The van der Waals surface area contributed by atoms with Crippen LogP contribution in [0.4, 0.5) is 5.69 Å². The molecular formula is C17H18N2O7. The summed E-state index contributed by atoms with van der Waals surface area (Å²) in [4.78, 5) is 46.5. The molecule has 1 amide bonds. The standard InChI is InChI=1S/C17H18N2O7/c1-3-4-5-13(17(22)25-2)18-15(20)12-9-10-8-11(19(23)24)6-7-14(10)26-16(12)21/h6-9,13H,3-5H2,1-2H3,(H,18,20). The zero-order valence-electron chi connectivity index (χ0n) is 14.3. The maximum absolute atomic E-state index is 12.4. The molecule has 26 heavy (non-hydrogen) atoms. The molecule has 0 bridgehead atoms. The van der Waals surface area contributed by atoms with Crippen LogP contribution in [0.1, 0.15) is 36.5 Å². The Morgan fingerprint density at radius 3 is 2.69 bits per heavy atom. The van der Waals surface area contributed by atoms with Crippen molar-refractivity contribution in [2.24, 2.45) is 0 Å². The number of hydrogen-bond acceptors (Lipinski definition) is 7. The molecule has 1 aromatic carbocycles. The lowest BCUT2D eigenvalue weighted by atomic mass is 10.1. The van der Waals surface area contributed by atoms with E-state index in [1.165, 1.54) is 31.4 Å². The highest BCUT2D eigenvalue weighted by molar-refractivity contribution is 5.98. The maximum Gasteiger partial charge on any atom is 0.349 e. The Morgan fingerprint density at radius 1 is 1.35 bits per heavy atom. The molecule has 138 valence electrons. The van der Waals surface area contributed by atoms with Crippen molar-refractivity contribution in [3.05, 3.63) is 50.4 Å². The van der Waals surface area contributed by atoms with Crippen molar-refractivity contribution in [1.29, 1.82) is 0 Å². The van der Waals surface area contributed by atoms with E-state index in [1.807, 2.05) is 6.92 Å². The van der Waals surface area contributed by atoms with Gasteiger partial charge < -0.3 is 14.5 Å². The summed E-state index contributed by atoms with van der Waals surface area (Å²) in [5, 5.41) is 13.5. The second-order valence-corrected chi connectivity index (χ2v) is 5.62. The third kappa shape index (κ3) is 4.24. The van der Waals surface area contributed by atoms with Crippen LogP contribution in [0.3, 0.4) is 0 Å². The van der Waals surface area contributed by atoms with Gasteiger partial charge in [0.2, 0.25) is 0 Å². The molecule has 0 saturated heterocycles. The van der Waals surface area contributed by atoms with Gasteiger partial charge in [0.05, 0.1) is 12.0 Å². The number of hydrogen-bond donors (Lipinski definition) is 1. The van der Waals surface area contributed by atoms with Crippen LogP contribution < -0.4 is 10.9 Å². The second kappa shape index (κ2) is 8.24. The quantitative estimate of drug-likeness (QED) is 0.346. The summed E-state index contributed by atoms with van der Waals surface area (Å²) in [5.74, 6) is -1.42. The van der Waals surface area contributed by atoms with Crippen molar-refractivity contribution in [2.45, 2.75) is 32.2 Å². The first-order valence-electron chi connectivity index (χ1n) is 7.98. The summed E-state index contributed by atoms with van der Waals surface area (Å²) in [5.41, 5.74) is -1.33. The minimum atomic E-state index is -0.900. The Hall–Kier alpha value is -3.23. The average Bonchev–Trinajstić information content (AvgIpc) is 2.63. The van der Waals surface area contributed by atoms with Gasteiger partial charge in [-0.05, 0) is 18.6 Å². The minimum absolute atomic E-state index is 0.118. The monoisotopic (exact) mass is 362 g/mol. The fourth-order valence-electron chi connectivity index (χ4n) is 2.42. The molecule has 0 aliphatic heterocycles. The number of unbranched alkanes of at least 4 members (excludes halogenated alkanes) is 1. The molecule has 9 nitrogen and oxygen atoms in total. The summed E-state index contributed by atoms with van der Waals surface area (Å²) in [6.45, 7) is 1.93. The van der Waals surface area contributed by atoms with Crippen molar-refractivity contribution in [2.75, 3.05) is 7.11 Å². The van der Waals surface area contributed by atoms with E-state index in [4.69, 9.17) is 4.42 Å². The van der Waals surface area contributed by atoms with Gasteiger partial charge in [-0.2, -0.15) is 0 Å². The predicted octanol–water partition coefficient (Wildman–Crippen LogP) is 2.16. The Bertz CT molecular complexity index is 904. The fourth-order valence-corrected chi connectivity index (χ4v) is 2.42. The number of methoxy groups -OCH3 is 1. The second-order valence-electron chi connectivity index (χ2n) is 5.62. The van der Waals surface area contributed by atoms with Gasteiger partial charge in [-0.25, -0.2) is 9.59 Å². The molecule has 1 atom stereocenters. The Balaban J connectivity index is 2.35. The number of amides is 1. The van der Waals surface area contributed by atoms with Crippen molar-refractivity contribution in [3.63, 3.8) is 0 Å². The van der Waals surface area contributed by atoms with Crippen LogP contribution in [0, 0.1) is 10.1 Å². The Labute approximate surface area is 148 Å². The number of fused-ring (bicyclic) bond motifs is 1. The lowest BCUT2D eigenvalue weighted by Crippen LogP contribution is -2.42. The minimum Gasteiger partial charge on any atom is -0.467 e. The summed E-state index contributed by atoms with van der Waals surface area (Å²) >= 11 is 0. The number of benzene rings is 1. The number of esters is 1. The van der Waals surface area contributed by atoms with Crippen LogP contribution in [0.25, 0.3) is 11.0 Å². The Morgan fingerprint density at radius 2 is 2.08 bits per heavy atom. The molecule has 1 unspecified atom stereocenters. The van der Waals surface area contributed by atoms with Crippen molar-refractivity contribution in [1.82, 2.24) is 5.32 Å². The molecule has 1 N–H and O–H groups in total. The first-order valence-corrected chi connectivity index (χ1v) is 7.98. The van der Waals surface area contributed by atoms with Crippen LogP contribution in [0.5, 0.6) is 0 Å². The molecule has 2 rings (SSSR count). The number of nitro groups is 1. The van der Waals surface area contributed by atoms with E-state index < -0.39 is 28.5 Å². The van der Waals surface area contributed by atoms with Gasteiger partial charge in [-0.15, -0.1) is 0 Å². The lowest BCUT2D eigenvalue weighted by Gasteiger charge is -2.15. The van der Waals surface area contributed by atoms with Gasteiger partial charge in [-0.3, -0.25) is 14.9 Å². The lowest BCUT2D eigenvalue weighted by molar-refractivity contribution is -0.384. The van der Waals surface area contributed by atoms with Gasteiger partial charge >= 0.3 is 11.6 Å². The number of nitrogens with one attached hydrogen (secondary N) is 1. The van der Waals surface area contributed by atoms with Crippen LogP contribution in [-0.2, 0) is 9.53 Å². The number of ether oxygens (including phenoxy) is 1. The molecule has 0 aliphatic carbocycles. The Kier molecular flexibility index (Phi) is 6.05. The van der Waals surface area contributed by atoms with Gasteiger partial charge in [-0.1, -0.05) is 19.8 Å². The normalized spacial score (nSPS) is 11.8. The van der Waals surface area contributed by atoms with E-state index >= 15 is 0 Å². The first-order chi connectivity index (χ1) is 12.4. The average molecular weight is 362 g/mol. The van der Waals surface area contributed by atoms with Crippen molar-refractivity contribution in [3.8, 4) is 0 Å². The number of carbonyl (C=O) groups is 2. The highest BCUT2D eigenvalue weighted by atomic mass is 16.6. The topological polar surface area (TPSA) is 129 Å². The highest BCUT2D eigenvalue weighted by Gasteiger charge is 2.24. The van der Waals surface area contributed by atoms with E-state index in [9.17, 15) is 24.5 Å². The van der Waals surface area contributed by atoms with Gasteiger partial charge in [0, 0.05) is 17.5 Å². The maximum atomic E-state index is 12.4. The summed E-state index contributed by atoms with van der Waals surface area (Å²) in [7, 11) is 1.21. The molecule has 2 aromatic rings. The fraction of sp³-hybridized carbons (Fsp3) is 0.353. The molecule has 0 spiro atoms. The third-order valence-electron chi connectivity index (χ3n) is 3.81. The smallest absolute Gasteiger partial charge is 0.349 e. The highest BCUT2D eigenvalue weighted by Crippen LogP contribution is 2.20. The largest absolute Gasteiger partial charge is 0.467 e. The SMILES string of the molecule is CCCCC(NC(=O)c1cc2cc([N+](=O)[O-])ccc2oc1=O)C(=O)OC. The predicted molar refractivity (Wildman–Crippen MR) is 91.9 cm³/mol. The number of nitrogens with zero attached hydrogens (tertiary/aromatic N) is 1. The van der Waals surface area contributed by atoms with Gasteiger partial charge in [0.25, 0.3) is 11.6 Å². The number of rotatable bonds is 7. The van der Waals surface area contributed by atoms with Crippen LogP contribution in [-0.4, -0.2) is 30.0 Å². The van der Waals surface area contributed by atoms with Crippen molar-refractivity contribution < 1.29 is 23.7 Å². The molecule has 1 heterocycles. The number of nitro benzene ring substituents is 1. The molecule has 0 radical (unpaired) electrons. The molecule has 1 aromatic heterocycles. The summed E-state index contributed by atoms with van der Waals surface area (Å²) < 4.78 is 9.70. The van der Waals surface area contributed by atoms with Crippen LogP contribution >= 0.6 is 0 Å². The zero-order valence-corrected chi connectivity index (χ0v) is 14.3. The first kappa shape index (κ1) is 19.1. The zero-order chi connectivity index (χ0) is 19.3. The molecule has 0 saturated carbocycles. The van der Waals surface area contributed by atoms with Crippen LogP contribution in [0.2, 0.25) is 0 Å².